The number of fused-ring (bicyclic) bond motifs is 2. The fourth-order valence-electron chi connectivity index (χ4n) is 3.45. The Kier molecular flexibility index (Phi) is 3.98. The maximum atomic E-state index is 6.60. The molecule has 116 valence electrons. The first-order chi connectivity index (χ1) is 9.03. The van der Waals surface area contributed by atoms with E-state index in [0.717, 1.165) is 5.57 Å². The fraction of sp³-hybridized carbons (Fsp3) is 0.867. The second-order valence-electron chi connectivity index (χ2n) is 7.77. The summed E-state index contributed by atoms with van der Waals surface area (Å²) in [5, 5.41) is -0.0946. The molecule has 0 aliphatic carbocycles. The molecule has 0 unspecified atom stereocenters. The van der Waals surface area contributed by atoms with Crippen LogP contribution >= 0.6 is 0 Å². The summed E-state index contributed by atoms with van der Waals surface area (Å²) < 4.78 is 24.2. The first-order valence-corrected chi connectivity index (χ1v) is 9.04. The molecule has 0 amide bonds. The minimum Gasteiger partial charge on any atom is -0.391 e. The lowest BCUT2D eigenvalue weighted by molar-refractivity contribution is -0.166. The van der Waals surface area contributed by atoms with Crippen molar-refractivity contribution in [2.24, 2.45) is 0 Å². The van der Waals surface area contributed by atoms with Crippen molar-refractivity contribution in [3.05, 3.63) is 12.2 Å². The standard InChI is InChI=1S/C15H28O4Si/c1-10-11-9-17-20(14(2,3)4,15(5,6)7)19-12(10)13(16-8)18-11/h11-13H,1,9H2,2-8H3/t11-,12+,13+/m1/s1. The molecule has 3 atom stereocenters. The van der Waals surface area contributed by atoms with Crippen LogP contribution in [-0.2, 0) is 18.3 Å². The van der Waals surface area contributed by atoms with E-state index in [-0.39, 0.29) is 28.6 Å². The molecule has 2 heterocycles. The Morgan fingerprint density at radius 2 is 1.70 bits per heavy atom. The largest absolute Gasteiger partial charge is 0.391 e. The third-order valence-electron chi connectivity index (χ3n) is 4.26. The lowest BCUT2D eigenvalue weighted by Crippen LogP contribution is -2.60. The molecule has 2 aliphatic heterocycles. The Labute approximate surface area is 123 Å². The topological polar surface area (TPSA) is 36.9 Å². The van der Waals surface area contributed by atoms with E-state index in [1.165, 1.54) is 0 Å². The SMILES string of the molecule is C=C1[C@H]2CO[Si](C(C)(C)C)(C(C)(C)C)O[C@@H]1[C@@H](OC)O2. The van der Waals surface area contributed by atoms with Gasteiger partial charge in [-0.2, -0.15) is 0 Å². The molecule has 2 fully saturated rings. The van der Waals surface area contributed by atoms with Gasteiger partial charge in [-0.05, 0) is 5.57 Å². The summed E-state index contributed by atoms with van der Waals surface area (Å²) in [6.45, 7) is 17.9. The number of methoxy groups -OCH3 is 1. The van der Waals surface area contributed by atoms with Crippen LogP contribution in [0.3, 0.4) is 0 Å². The molecule has 4 nitrogen and oxygen atoms in total. The van der Waals surface area contributed by atoms with Crippen molar-refractivity contribution in [1.82, 2.24) is 0 Å². The molecule has 5 heteroatoms. The molecule has 2 aliphatic rings. The van der Waals surface area contributed by atoms with E-state index in [9.17, 15) is 0 Å². The van der Waals surface area contributed by atoms with Crippen molar-refractivity contribution < 1.29 is 18.3 Å². The van der Waals surface area contributed by atoms with Crippen molar-refractivity contribution in [3.63, 3.8) is 0 Å². The summed E-state index contributed by atoms with van der Waals surface area (Å²) in [5.74, 6) is 0. The Balaban J connectivity index is 2.44. The van der Waals surface area contributed by atoms with Crippen LogP contribution in [0.15, 0.2) is 12.2 Å². The van der Waals surface area contributed by atoms with E-state index in [0.29, 0.717) is 6.61 Å². The number of hydrogen-bond donors (Lipinski definition) is 0. The van der Waals surface area contributed by atoms with Crippen molar-refractivity contribution in [2.45, 2.75) is 70.1 Å². The lowest BCUT2D eigenvalue weighted by atomic mass is 10.1. The van der Waals surface area contributed by atoms with Crippen LogP contribution in [0.25, 0.3) is 0 Å². The van der Waals surface area contributed by atoms with Crippen LogP contribution in [0.4, 0.5) is 0 Å². The molecule has 0 radical (unpaired) electrons. The zero-order valence-corrected chi connectivity index (χ0v) is 14.8. The van der Waals surface area contributed by atoms with E-state index in [1.54, 1.807) is 7.11 Å². The predicted molar refractivity (Wildman–Crippen MR) is 80.8 cm³/mol. The smallest absolute Gasteiger partial charge is 0.350 e. The highest BCUT2D eigenvalue weighted by Crippen LogP contribution is 2.55. The minimum atomic E-state index is -2.51. The van der Waals surface area contributed by atoms with Gasteiger partial charge in [0.05, 0.1) is 6.61 Å². The first kappa shape index (κ1) is 16.2. The lowest BCUT2D eigenvalue weighted by Gasteiger charge is -2.50. The molecule has 0 spiro atoms. The quantitative estimate of drug-likeness (QED) is 0.549. The van der Waals surface area contributed by atoms with Gasteiger partial charge in [0.2, 0.25) is 0 Å². The van der Waals surface area contributed by atoms with Crippen LogP contribution in [0.2, 0.25) is 10.1 Å². The molecule has 0 saturated carbocycles. The average Bonchev–Trinajstić information content (AvgIpc) is 2.44. The number of hydrogen-bond acceptors (Lipinski definition) is 4. The van der Waals surface area contributed by atoms with Gasteiger partial charge in [0.1, 0.15) is 12.2 Å². The first-order valence-electron chi connectivity index (χ1n) is 7.22. The van der Waals surface area contributed by atoms with E-state index in [1.807, 2.05) is 0 Å². The molecular formula is C15H28O4Si. The van der Waals surface area contributed by atoms with Gasteiger partial charge in [-0.1, -0.05) is 48.1 Å². The summed E-state index contributed by atoms with van der Waals surface area (Å²) in [5.41, 5.74) is 0.944. The molecule has 0 aromatic heterocycles. The van der Waals surface area contributed by atoms with Gasteiger partial charge >= 0.3 is 8.56 Å². The summed E-state index contributed by atoms with van der Waals surface area (Å²) in [7, 11) is -0.861. The molecule has 0 N–H and O–H groups in total. The van der Waals surface area contributed by atoms with E-state index >= 15 is 0 Å². The highest BCUT2D eigenvalue weighted by atomic mass is 28.4. The van der Waals surface area contributed by atoms with Crippen LogP contribution < -0.4 is 0 Å². The van der Waals surface area contributed by atoms with Crippen molar-refractivity contribution in [3.8, 4) is 0 Å². The normalized spacial score (nSPS) is 34.1. The van der Waals surface area contributed by atoms with Gasteiger partial charge in [-0.3, -0.25) is 0 Å². The molecule has 2 bridgehead atoms. The second kappa shape index (κ2) is 4.92. The number of ether oxygens (including phenoxy) is 2. The molecular weight excluding hydrogens is 272 g/mol. The van der Waals surface area contributed by atoms with Gasteiger partial charge in [-0.25, -0.2) is 0 Å². The van der Waals surface area contributed by atoms with Crippen LogP contribution in [-0.4, -0.2) is 40.8 Å². The van der Waals surface area contributed by atoms with Gasteiger partial charge < -0.3 is 18.3 Å². The maximum Gasteiger partial charge on any atom is 0.350 e. The van der Waals surface area contributed by atoms with E-state index in [4.69, 9.17) is 18.3 Å². The summed E-state index contributed by atoms with van der Waals surface area (Å²) in [4.78, 5) is 0. The second-order valence-corrected chi connectivity index (χ2v) is 12.5. The summed E-state index contributed by atoms with van der Waals surface area (Å²) in [6, 6.07) is 0. The highest BCUT2D eigenvalue weighted by molar-refractivity contribution is 6.73. The molecule has 0 aromatic carbocycles. The Bertz CT molecular complexity index is 380. The van der Waals surface area contributed by atoms with Gasteiger partial charge in [0.25, 0.3) is 0 Å². The van der Waals surface area contributed by atoms with Crippen LogP contribution in [0.5, 0.6) is 0 Å². The average molecular weight is 300 g/mol. The third-order valence-corrected chi connectivity index (χ3v) is 9.37. The zero-order chi connectivity index (χ0) is 15.3. The van der Waals surface area contributed by atoms with Crippen molar-refractivity contribution >= 4 is 8.56 Å². The maximum absolute atomic E-state index is 6.60. The Hall–Kier alpha value is -0.203. The van der Waals surface area contributed by atoms with Gasteiger partial charge in [0.15, 0.2) is 6.29 Å². The van der Waals surface area contributed by atoms with E-state index in [2.05, 4.69) is 48.1 Å². The Morgan fingerprint density at radius 1 is 1.15 bits per heavy atom. The van der Waals surface area contributed by atoms with Crippen LogP contribution in [0, 0.1) is 0 Å². The summed E-state index contributed by atoms with van der Waals surface area (Å²) in [6.07, 6.45) is -0.713. The molecule has 2 saturated heterocycles. The van der Waals surface area contributed by atoms with Crippen molar-refractivity contribution in [2.75, 3.05) is 13.7 Å². The zero-order valence-electron chi connectivity index (χ0n) is 13.8. The molecule has 20 heavy (non-hydrogen) atoms. The molecule has 2 rings (SSSR count). The monoisotopic (exact) mass is 300 g/mol. The number of rotatable bonds is 1. The fourth-order valence-corrected chi connectivity index (χ4v) is 8.35. The van der Waals surface area contributed by atoms with Gasteiger partial charge in [-0.15, -0.1) is 0 Å². The van der Waals surface area contributed by atoms with Gasteiger partial charge in [0, 0.05) is 17.2 Å². The predicted octanol–water partition coefficient (Wildman–Crippen LogP) is 3.37. The Morgan fingerprint density at radius 3 is 2.15 bits per heavy atom. The molecule has 0 aromatic rings. The van der Waals surface area contributed by atoms with Crippen LogP contribution in [0.1, 0.15) is 41.5 Å². The summed E-state index contributed by atoms with van der Waals surface area (Å²) >= 11 is 0. The highest BCUT2D eigenvalue weighted by Gasteiger charge is 2.63. The van der Waals surface area contributed by atoms with Crippen molar-refractivity contribution in [1.29, 1.82) is 0 Å². The third kappa shape index (κ3) is 2.29. The minimum absolute atomic E-state index is 0.0473. The van der Waals surface area contributed by atoms with E-state index < -0.39 is 8.56 Å².